The number of rotatable bonds is 2. The number of aromatic nitrogens is 2. The first-order valence-corrected chi connectivity index (χ1v) is 5.58. The number of carbonyl (C=O) groups is 2. The van der Waals surface area contributed by atoms with E-state index in [0.717, 1.165) is 4.68 Å². The highest BCUT2D eigenvalue weighted by molar-refractivity contribution is 5.73. The Balaban J connectivity index is 2.84. The zero-order chi connectivity index (χ0) is 13.9. The highest BCUT2D eigenvalue weighted by atomic mass is 16.6. The lowest BCUT2D eigenvalue weighted by Crippen LogP contribution is -2.28. The van der Waals surface area contributed by atoms with Crippen LogP contribution in [0.15, 0.2) is 6.07 Å². The summed E-state index contributed by atoms with van der Waals surface area (Å²) in [5, 5.41) is 4.02. The van der Waals surface area contributed by atoms with Crippen LogP contribution in [0.5, 0.6) is 0 Å². The normalized spacial score (nSPS) is 11.2. The van der Waals surface area contributed by atoms with Crippen molar-refractivity contribution >= 4 is 12.1 Å². The second kappa shape index (κ2) is 5.20. The second-order valence-corrected chi connectivity index (χ2v) is 4.92. The fraction of sp³-hybridized carbons (Fsp3) is 0.583. The van der Waals surface area contributed by atoms with Crippen LogP contribution in [0.4, 0.5) is 4.79 Å². The van der Waals surface area contributed by atoms with E-state index in [1.54, 1.807) is 33.8 Å². The van der Waals surface area contributed by atoms with Gasteiger partial charge >= 0.3 is 12.1 Å². The van der Waals surface area contributed by atoms with Crippen molar-refractivity contribution in [3.8, 4) is 0 Å². The first kappa shape index (κ1) is 14.2. The molecule has 6 heteroatoms. The van der Waals surface area contributed by atoms with Crippen molar-refractivity contribution in [3.05, 3.63) is 17.5 Å². The molecule has 0 spiro atoms. The van der Waals surface area contributed by atoms with E-state index in [9.17, 15) is 9.59 Å². The Kier molecular flexibility index (Phi) is 4.11. The molecular weight excluding hydrogens is 236 g/mol. The lowest BCUT2D eigenvalue weighted by atomic mass is 10.2. The number of hydrogen-bond donors (Lipinski definition) is 0. The maximum absolute atomic E-state index is 11.8. The molecule has 1 aromatic heterocycles. The van der Waals surface area contributed by atoms with E-state index in [-0.39, 0.29) is 6.42 Å². The molecule has 1 aromatic rings. The van der Waals surface area contributed by atoms with Crippen molar-refractivity contribution in [1.29, 1.82) is 0 Å². The predicted octanol–water partition coefficient (Wildman–Crippen LogP) is 1.69. The van der Waals surface area contributed by atoms with Gasteiger partial charge in [-0.25, -0.2) is 4.79 Å². The standard InChI is InChI=1S/C12H18N2O4/c1-8-6-9(7-10(15)17-5)13-14(8)11(16)18-12(2,3)4/h6H,7H2,1-5H3. The van der Waals surface area contributed by atoms with Crippen LogP contribution in [0, 0.1) is 6.92 Å². The molecule has 0 radical (unpaired) electrons. The first-order valence-electron chi connectivity index (χ1n) is 5.58. The Morgan fingerprint density at radius 1 is 1.39 bits per heavy atom. The second-order valence-electron chi connectivity index (χ2n) is 4.92. The van der Waals surface area contributed by atoms with Crippen molar-refractivity contribution in [3.63, 3.8) is 0 Å². The summed E-state index contributed by atoms with van der Waals surface area (Å²) in [6.07, 6.45) is -0.524. The summed E-state index contributed by atoms with van der Waals surface area (Å²) in [7, 11) is 1.31. The maximum atomic E-state index is 11.8. The van der Waals surface area contributed by atoms with Gasteiger partial charge in [-0.1, -0.05) is 0 Å². The molecule has 0 saturated carbocycles. The van der Waals surface area contributed by atoms with Gasteiger partial charge in [-0.2, -0.15) is 9.78 Å². The van der Waals surface area contributed by atoms with E-state index >= 15 is 0 Å². The van der Waals surface area contributed by atoms with Crippen LogP contribution in [0.1, 0.15) is 32.2 Å². The predicted molar refractivity (Wildman–Crippen MR) is 64.3 cm³/mol. The highest BCUT2D eigenvalue weighted by Crippen LogP contribution is 2.11. The van der Waals surface area contributed by atoms with Gasteiger partial charge in [0.25, 0.3) is 0 Å². The first-order chi connectivity index (χ1) is 8.23. The Labute approximate surface area is 106 Å². The summed E-state index contributed by atoms with van der Waals surface area (Å²) in [5.74, 6) is -0.399. The van der Waals surface area contributed by atoms with Crippen LogP contribution in [-0.4, -0.2) is 34.6 Å². The molecule has 1 rings (SSSR count). The molecule has 18 heavy (non-hydrogen) atoms. The molecule has 0 unspecified atom stereocenters. The number of methoxy groups -OCH3 is 1. The van der Waals surface area contributed by atoms with Gasteiger partial charge in [-0.05, 0) is 33.8 Å². The Bertz CT molecular complexity index is 457. The fourth-order valence-corrected chi connectivity index (χ4v) is 1.33. The maximum Gasteiger partial charge on any atom is 0.435 e. The molecule has 0 aliphatic heterocycles. The van der Waals surface area contributed by atoms with E-state index in [1.165, 1.54) is 7.11 Å². The lowest BCUT2D eigenvalue weighted by molar-refractivity contribution is -0.139. The quantitative estimate of drug-likeness (QED) is 0.751. The van der Waals surface area contributed by atoms with Crippen LogP contribution in [0.2, 0.25) is 0 Å². The van der Waals surface area contributed by atoms with Gasteiger partial charge in [0.2, 0.25) is 0 Å². The van der Waals surface area contributed by atoms with Crippen LogP contribution in [-0.2, 0) is 20.7 Å². The molecule has 100 valence electrons. The number of esters is 1. The average molecular weight is 254 g/mol. The molecule has 0 fully saturated rings. The molecule has 0 aliphatic carbocycles. The molecular formula is C12H18N2O4. The van der Waals surface area contributed by atoms with E-state index < -0.39 is 17.7 Å². The van der Waals surface area contributed by atoms with Gasteiger partial charge in [-0.15, -0.1) is 0 Å². The molecule has 0 aromatic carbocycles. The SMILES string of the molecule is COC(=O)Cc1cc(C)n(C(=O)OC(C)(C)C)n1. The molecule has 0 amide bonds. The summed E-state index contributed by atoms with van der Waals surface area (Å²) in [6, 6.07) is 1.65. The monoisotopic (exact) mass is 254 g/mol. The number of aryl methyl sites for hydroxylation is 1. The Morgan fingerprint density at radius 2 is 2.00 bits per heavy atom. The van der Waals surface area contributed by atoms with E-state index in [4.69, 9.17) is 4.74 Å². The summed E-state index contributed by atoms with van der Waals surface area (Å²) in [6.45, 7) is 7.05. The Morgan fingerprint density at radius 3 is 2.50 bits per heavy atom. The van der Waals surface area contributed by atoms with Gasteiger partial charge < -0.3 is 9.47 Å². The minimum Gasteiger partial charge on any atom is -0.469 e. The average Bonchev–Trinajstić information content (AvgIpc) is 2.56. The highest BCUT2D eigenvalue weighted by Gasteiger charge is 2.20. The largest absolute Gasteiger partial charge is 0.469 e. The number of nitrogens with zero attached hydrogens (tertiary/aromatic N) is 2. The van der Waals surface area contributed by atoms with E-state index in [2.05, 4.69) is 9.84 Å². The topological polar surface area (TPSA) is 70.4 Å². The summed E-state index contributed by atoms with van der Waals surface area (Å²) in [4.78, 5) is 22.9. The molecule has 0 atom stereocenters. The van der Waals surface area contributed by atoms with Gasteiger partial charge in [-0.3, -0.25) is 4.79 Å². The molecule has 0 N–H and O–H groups in total. The van der Waals surface area contributed by atoms with Crippen LogP contribution < -0.4 is 0 Å². The van der Waals surface area contributed by atoms with Crippen molar-refractivity contribution in [2.24, 2.45) is 0 Å². The third-order valence-electron chi connectivity index (χ3n) is 2.06. The van der Waals surface area contributed by atoms with E-state index in [1.807, 2.05) is 0 Å². The molecule has 0 saturated heterocycles. The van der Waals surface area contributed by atoms with Gasteiger partial charge in [0.15, 0.2) is 0 Å². The summed E-state index contributed by atoms with van der Waals surface area (Å²) >= 11 is 0. The van der Waals surface area contributed by atoms with E-state index in [0.29, 0.717) is 11.4 Å². The molecule has 0 aliphatic rings. The third-order valence-corrected chi connectivity index (χ3v) is 2.06. The van der Waals surface area contributed by atoms with Crippen LogP contribution in [0.3, 0.4) is 0 Å². The number of carbonyl (C=O) groups excluding carboxylic acids is 2. The van der Waals surface area contributed by atoms with Gasteiger partial charge in [0, 0.05) is 5.69 Å². The smallest absolute Gasteiger partial charge is 0.435 e. The summed E-state index contributed by atoms with van der Waals surface area (Å²) in [5.41, 5.74) is 0.506. The molecule has 0 bridgehead atoms. The van der Waals surface area contributed by atoms with Crippen molar-refractivity contribution in [2.75, 3.05) is 7.11 Å². The van der Waals surface area contributed by atoms with Crippen molar-refractivity contribution in [2.45, 2.75) is 39.7 Å². The van der Waals surface area contributed by atoms with Gasteiger partial charge in [0.05, 0.1) is 19.2 Å². The number of hydrogen-bond acceptors (Lipinski definition) is 5. The Hall–Kier alpha value is -1.85. The zero-order valence-corrected chi connectivity index (χ0v) is 11.3. The minimum atomic E-state index is -0.585. The fourth-order valence-electron chi connectivity index (χ4n) is 1.33. The van der Waals surface area contributed by atoms with Crippen molar-refractivity contribution in [1.82, 2.24) is 9.78 Å². The van der Waals surface area contributed by atoms with Crippen molar-refractivity contribution < 1.29 is 19.1 Å². The molecule has 1 heterocycles. The number of ether oxygens (including phenoxy) is 2. The lowest BCUT2D eigenvalue weighted by Gasteiger charge is -2.19. The van der Waals surface area contributed by atoms with Crippen LogP contribution in [0.25, 0.3) is 0 Å². The zero-order valence-electron chi connectivity index (χ0n) is 11.3. The minimum absolute atomic E-state index is 0.0349. The summed E-state index contributed by atoms with van der Waals surface area (Å²) < 4.78 is 10.9. The molecule has 6 nitrogen and oxygen atoms in total. The van der Waals surface area contributed by atoms with Crippen LogP contribution >= 0.6 is 0 Å². The van der Waals surface area contributed by atoms with Gasteiger partial charge in [0.1, 0.15) is 5.60 Å². The third kappa shape index (κ3) is 3.87.